The van der Waals surface area contributed by atoms with Crippen molar-refractivity contribution in [1.29, 1.82) is 0 Å². The fourth-order valence-electron chi connectivity index (χ4n) is 1.59. The summed E-state index contributed by atoms with van der Waals surface area (Å²) < 4.78 is 41.3. The number of hydrogen-bond acceptors (Lipinski definition) is 3. The minimum Gasteiger partial charge on any atom is -0.432 e. The van der Waals surface area contributed by atoms with Crippen molar-refractivity contribution in [3.63, 3.8) is 0 Å². The quantitative estimate of drug-likeness (QED) is 0.811. The second kappa shape index (κ2) is 7.74. The second-order valence-corrected chi connectivity index (χ2v) is 4.34. The molecule has 1 rings (SSSR count). The van der Waals surface area contributed by atoms with E-state index < -0.39 is 18.2 Å². The molecule has 3 N–H and O–H groups in total. The predicted molar refractivity (Wildman–Crippen MR) is 69.1 cm³/mol. The third kappa shape index (κ3) is 5.08. The maximum Gasteiger partial charge on any atom is 0.387 e. The van der Waals surface area contributed by atoms with E-state index in [2.05, 4.69) is 10.1 Å². The van der Waals surface area contributed by atoms with E-state index in [1.165, 1.54) is 6.07 Å². The minimum atomic E-state index is -3.10. The Morgan fingerprint density at radius 3 is 2.70 bits per heavy atom. The summed E-state index contributed by atoms with van der Waals surface area (Å²) >= 11 is 0. The Kier molecular flexibility index (Phi) is 6.30. The summed E-state index contributed by atoms with van der Waals surface area (Å²) in [5, 5.41) is 2.51. The van der Waals surface area contributed by atoms with Gasteiger partial charge in [0.2, 0.25) is 5.91 Å². The summed E-state index contributed by atoms with van der Waals surface area (Å²) in [6.07, 6.45) is 1.33. The summed E-state index contributed by atoms with van der Waals surface area (Å²) in [7, 11) is 0. The molecule has 0 aliphatic heterocycles. The largest absolute Gasteiger partial charge is 0.432 e. The summed E-state index contributed by atoms with van der Waals surface area (Å²) in [4.78, 5) is 11.8. The van der Waals surface area contributed by atoms with Crippen molar-refractivity contribution in [3.05, 3.63) is 24.0 Å². The Bertz CT molecular complexity index is 455. The van der Waals surface area contributed by atoms with Crippen molar-refractivity contribution in [2.24, 2.45) is 11.7 Å². The van der Waals surface area contributed by atoms with Crippen LogP contribution in [0.25, 0.3) is 0 Å². The van der Waals surface area contributed by atoms with Gasteiger partial charge >= 0.3 is 6.61 Å². The van der Waals surface area contributed by atoms with Gasteiger partial charge in [-0.25, -0.2) is 4.39 Å². The number of carbonyl (C=O) groups excluding carboxylic acids is 1. The Labute approximate surface area is 115 Å². The zero-order valence-corrected chi connectivity index (χ0v) is 11.0. The predicted octanol–water partition coefficient (Wildman–Crippen LogP) is 2.74. The van der Waals surface area contributed by atoms with Crippen LogP contribution in [0.4, 0.5) is 18.9 Å². The molecule has 112 valence electrons. The number of anilines is 1. The maximum atomic E-state index is 13.4. The molecule has 20 heavy (non-hydrogen) atoms. The Morgan fingerprint density at radius 1 is 1.45 bits per heavy atom. The van der Waals surface area contributed by atoms with Gasteiger partial charge in [-0.1, -0.05) is 6.92 Å². The number of halogens is 3. The molecule has 1 aromatic rings. The fraction of sp³-hybridized carbons (Fsp3) is 0.462. The molecule has 1 atom stereocenters. The molecule has 0 saturated carbocycles. The first-order chi connectivity index (χ1) is 9.43. The van der Waals surface area contributed by atoms with Gasteiger partial charge in [-0.3, -0.25) is 4.79 Å². The SMILES string of the molecule is CC(CCCN)C(=O)Nc1ccc(OC(F)F)c(F)c1. The molecule has 1 amide bonds. The van der Waals surface area contributed by atoms with Gasteiger partial charge in [0.25, 0.3) is 0 Å². The van der Waals surface area contributed by atoms with E-state index in [0.717, 1.165) is 12.1 Å². The molecule has 0 aliphatic rings. The molecule has 7 heteroatoms. The molecule has 1 aromatic carbocycles. The molecule has 0 aromatic heterocycles. The van der Waals surface area contributed by atoms with E-state index in [1.54, 1.807) is 6.92 Å². The second-order valence-electron chi connectivity index (χ2n) is 4.34. The Morgan fingerprint density at radius 2 is 2.15 bits per heavy atom. The Hall–Kier alpha value is -1.76. The van der Waals surface area contributed by atoms with Gasteiger partial charge in [-0.15, -0.1) is 0 Å². The van der Waals surface area contributed by atoms with E-state index in [0.29, 0.717) is 19.4 Å². The maximum absolute atomic E-state index is 13.4. The topological polar surface area (TPSA) is 64.4 Å². The van der Waals surface area contributed by atoms with Crippen molar-refractivity contribution in [2.45, 2.75) is 26.4 Å². The lowest BCUT2D eigenvalue weighted by Crippen LogP contribution is -2.21. The number of alkyl halides is 2. The van der Waals surface area contributed by atoms with Crippen molar-refractivity contribution in [1.82, 2.24) is 0 Å². The van der Waals surface area contributed by atoms with E-state index in [1.807, 2.05) is 0 Å². The lowest BCUT2D eigenvalue weighted by Gasteiger charge is -2.12. The third-order valence-electron chi connectivity index (χ3n) is 2.70. The first-order valence-electron chi connectivity index (χ1n) is 6.19. The molecule has 1 unspecified atom stereocenters. The highest BCUT2D eigenvalue weighted by molar-refractivity contribution is 5.92. The number of hydrogen-bond donors (Lipinski definition) is 2. The van der Waals surface area contributed by atoms with Gasteiger partial charge in [-0.05, 0) is 31.5 Å². The van der Waals surface area contributed by atoms with E-state index in [4.69, 9.17) is 5.73 Å². The molecular weight excluding hydrogens is 273 g/mol. The van der Waals surface area contributed by atoms with Crippen molar-refractivity contribution in [3.8, 4) is 5.75 Å². The van der Waals surface area contributed by atoms with Crippen molar-refractivity contribution in [2.75, 3.05) is 11.9 Å². The fourth-order valence-corrected chi connectivity index (χ4v) is 1.59. The average Bonchev–Trinajstić information content (AvgIpc) is 2.38. The summed E-state index contributed by atoms with van der Waals surface area (Å²) in [6.45, 7) is -0.872. The molecule has 0 saturated heterocycles. The lowest BCUT2D eigenvalue weighted by atomic mass is 10.0. The van der Waals surface area contributed by atoms with Gasteiger partial charge in [0, 0.05) is 17.7 Å². The molecular formula is C13H17F3N2O2. The molecule has 0 bridgehead atoms. The first-order valence-corrected chi connectivity index (χ1v) is 6.19. The van der Waals surface area contributed by atoms with Crippen LogP contribution in [0.5, 0.6) is 5.75 Å². The molecule has 4 nitrogen and oxygen atoms in total. The van der Waals surface area contributed by atoms with Gasteiger partial charge in [0.05, 0.1) is 0 Å². The highest BCUT2D eigenvalue weighted by atomic mass is 19.3. The zero-order valence-electron chi connectivity index (χ0n) is 11.0. The third-order valence-corrected chi connectivity index (χ3v) is 2.70. The normalized spacial score (nSPS) is 12.3. The van der Waals surface area contributed by atoms with E-state index in [9.17, 15) is 18.0 Å². The van der Waals surface area contributed by atoms with Crippen LogP contribution in [0.2, 0.25) is 0 Å². The summed E-state index contributed by atoms with van der Waals surface area (Å²) in [5.41, 5.74) is 5.54. The van der Waals surface area contributed by atoms with Gasteiger partial charge < -0.3 is 15.8 Å². The van der Waals surface area contributed by atoms with Crippen LogP contribution in [0.1, 0.15) is 19.8 Å². The van der Waals surface area contributed by atoms with Crippen LogP contribution in [-0.2, 0) is 4.79 Å². The monoisotopic (exact) mass is 290 g/mol. The number of amides is 1. The highest BCUT2D eigenvalue weighted by Gasteiger charge is 2.14. The van der Waals surface area contributed by atoms with E-state index in [-0.39, 0.29) is 17.5 Å². The number of ether oxygens (including phenoxy) is 1. The average molecular weight is 290 g/mol. The van der Waals surface area contributed by atoms with Crippen molar-refractivity contribution < 1.29 is 22.7 Å². The standard InChI is InChI=1S/C13H17F3N2O2/c1-8(3-2-6-17)12(19)18-9-4-5-11(10(14)7-9)20-13(15)16/h4-5,7-8,13H,2-3,6,17H2,1H3,(H,18,19). The van der Waals surface area contributed by atoms with Crippen molar-refractivity contribution >= 4 is 11.6 Å². The van der Waals surface area contributed by atoms with Gasteiger partial charge in [0.15, 0.2) is 11.6 Å². The molecule has 0 spiro atoms. The smallest absolute Gasteiger partial charge is 0.387 e. The number of nitrogens with two attached hydrogens (primary N) is 1. The molecule has 0 radical (unpaired) electrons. The van der Waals surface area contributed by atoms with Gasteiger partial charge in [0.1, 0.15) is 0 Å². The van der Waals surface area contributed by atoms with Crippen LogP contribution < -0.4 is 15.8 Å². The minimum absolute atomic E-state index is 0.189. The summed E-state index contributed by atoms with van der Waals surface area (Å²) in [6, 6.07) is 3.28. The first kappa shape index (κ1) is 16.3. The number of benzene rings is 1. The summed E-state index contributed by atoms with van der Waals surface area (Å²) in [5.74, 6) is -2.06. The highest BCUT2D eigenvalue weighted by Crippen LogP contribution is 2.23. The van der Waals surface area contributed by atoms with Crippen LogP contribution in [0, 0.1) is 11.7 Å². The van der Waals surface area contributed by atoms with Crippen LogP contribution >= 0.6 is 0 Å². The van der Waals surface area contributed by atoms with Crippen LogP contribution in [0.3, 0.4) is 0 Å². The van der Waals surface area contributed by atoms with Gasteiger partial charge in [-0.2, -0.15) is 8.78 Å². The Balaban J connectivity index is 2.64. The molecule has 0 aliphatic carbocycles. The van der Waals surface area contributed by atoms with E-state index >= 15 is 0 Å². The zero-order chi connectivity index (χ0) is 15.1. The number of rotatable bonds is 7. The number of nitrogens with one attached hydrogen (secondary N) is 1. The van der Waals surface area contributed by atoms with Crippen LogP contribution in [0.15, 0.2) is 18.2 Å². The van der Waals surface area contributed by atoms with Crippen LogP contribution in [-0.4, -0.2) is 19.1 Å². The number of carbonyl (C=O) groups is 1. The molecule has 0 fully saturated rings. The lowest BCUT2D eigenvalue weighted by molar-refractivity contribution is -0.119. The molecule has 0 heterocycles.